The molecule has 0 heterocycles. The predicted molar refractivity (Wildman–Crippen MR) is 618 cm³/mol. The average Bonchev–Trinajstić information content (AvgIpc) is 0.767. The Morgan fingerprint density at radius 2 is 0.703 bits per heavy atom. The number of nitrogens with one attached hydrogen (secondary N) is 2. The van der Waals surface area contributed by atoms with Crippen molar-refractivity contribution in [2.24, 2.45) is 5.41 Å². The quantitative estimate of drug-likeness (QED) is 0.0343. The molecule has 0 radical (unpaired) electrons. The van der Waals surface area contributed by atoms with Gasteiger partial charge in [-0.05, 0) is 344 Å². The highest BCUT2D eigenvalue weighted by Crippen LogP contribution is 2.45. The van der Waals surface area contributed by atoms with Crippen LogP contribution in [0.1, 0.15) is 180 Å². The Morgan fingerprint density at radius 1 is 0.351 bits per heavy atom. The maximum atomic E-state index is 13.2. The molecular formula is C126H148ClF5N10O5S. The molecule has 15 aromatic rings. The van der Waals surface area contributed by atoms with Crippen LogP contribution in [0, 0.1) is 118 Å². The van der Waals surface area contributed by atoms with Gasteiger partial charge in [0, 0.05) is 144 Å². The monoisotopic (exact) mass is 2040 g/mol. The summed E-state index contributed by atoms with van der Waals surface area (Å²) in [7, 11) is -5.52. The molecule has 22 heteroatoms. The first-order chi connectivity index (χ1) is 70.3. The number of hydrogen-bond donors (Lipinski definition) is 4. The third-order valence-corrected chi connectivity index (χ3v) is 27.3. The van der Waals surface area contributed by atoms with E-state index < -0.39 is 32.6 Å². The van der Waals surface area contributed by atoms with E-state index in [9.17, 15) is 50.6 Å². The standard InChI is InChI=1S/C27H21NO2.C26H30N2O.C22H21F3N2O2S.C16H24N2.C13H21N.C11H16ClN.C11H15F2N/c1-18-26(29)16-25(17-27(18)30)28(23-12-10-19-6-2-4-8-21(19)14-23)24-13-11-20-7-3-5-9-22(20)15-24;1-18-7-12-21(13-8-18)28(22-14-9-19(2)10-15-22)23-16-11-20(3)24(17-23)27-25(29)26(4,5)6;1-15-4-9-18(10-5-15)27(19-11-6-16(2)7-12-19)20-13-8-17(3)21(14-20)26-30(28,29)22(23,24)25;1-4-6-10-18(11-7-5-2)16-9-8-14(3)12-15(16)13-17;1-6-14(7-2)13-9-11(4)10(3)8-12(13)5;1-4-13(5-2)11-7-6-9(3)8-10(11)12;1-4-14(5-2)9-6-10(12)8(3)11(13)7-9/h2-17,29-30H,1H3;7-17H,1-6H3,(H,27,29);4-14,26H,1-3H3;8-9,12H,4-7,10-11H2,1-3H3;8-9H,6-7H2,1-5H3;6-8H,4-5H2,1-3H3;6-7H,4-5H2,1-3H3. The molecule has 0 aliphatic carbocycles. The SMILES string of the molecule is CCCCN(CCCC)c1ccc(C)cc1C#N.CCN(CC)c1cc(C)c(C)cc1C.CCN(CC)c1cc(F)c(C)c(F)c1.CCN(CC)c1ccc(C)cc1Cl.Cc1c(O)cc(N(c2ccc3ccccc3c2)c2ccc3ccccc3c2)cc1O.Cc1ccc(N(c2ccc(C)cc2)c2ccc(C)c(NC(=O)C(C)(C)C)c2)cc1.Cc1ccc(N(c2ccc(C)cc2)c2ccc(C)c(NS(=O)(=O)C(F)(F)F)c2)cc1. The van der Waals surface area contributed by atoms with E-state index in [2.05, 4.69) is 283 Å². The number of sulfonamides is 1. The van der Waals surface area contributed by atoms with Gasteiger partial charge in [-0.15, -0.1) is 0 Å². The van der Waals surface area contributed by atoms with Crippen LogP contribution in [-0.2, 0) is 14.8 Å². The molecule has 0 saturated heterocycles. The minimum atomic E-state index is -5.52. The van der Waals surface area contributed by atoms with Crippen LogP contribution in [0.2, 0.25) is 5.02 Å². The normalized spacial score (nSPS) is 11.0. The fraction of sp³-hybridized carbons (Fsp3) is 0.302. The smallest absolute Gasteiger partial charge is 0.507 e. The van der Waals surface area contributed by atoms with Crippen LogP contribution in [0.3, 0.4) is 0 Å². The van der Waals surface area contributed by atoms with Gasteiger partial charge in [0.05, 0.1) is 33.3 Å². The molecule has 0 fully saturated rings. The summed E-state index contributed by atoms with van der Waals surface area (Å²) >= 11 is 6.14. The third kappa shape index (κ3) is 32.3. The molecule has 0 aliphatic rings. The van der Waals surface area contributed by atoms with Crippen molar-refractivity contribution in [2.45, 2.75) is 197 Å². The van der Waals surface area contributed by atoms with Crippen molar-refractivity contribution in [3.8, 4) is 17.6 Å². The van der Waals surface area contributed by atoms with Gasteiger partial charge >= 0.3 is 15.5 Å². The fourth-order valence-corrected chi connectivity index (χ4v) is 17.5. The second kappa shape index (κ2) is 54.9. The summed E-state index contributed by atoms with van der Waals surface area (Å²) in [6.07, 6.45) is 4.75. The van der Waals surface area contributed by atoms with Crippen LogP contribution in [0.5, 0.6) is 11.5 Å². The first kappa shape index (κ1) is 117. The fourth-order valence-electron chi connectivity index (χ4n) is 16.6. The number of carbonyl (C=O) groups is 1. The van der Waals surface area contributed by atoms with Crippen molar-refractivity contribution < 1.29 is 45.4 Å². The first-order valence-electron chi connectivity index (χ1n) is 50.9. The van der Waals surface area contributed by atoms with Crippen molar-refractivity contribution in [1.29, 1.82) is 5.26 Å². The summed E-state index contributed by atoms with van der Waals surface area (Å²) in [5, 5.41) is 38.6. The molecule has 15 aromatic carbocycles. The summed E-state index contributed by atoms with van der Waals surface area (Å²) in [5.41, 5.74) is 20.8. The number of aromatic hydroxyl groups is 2. The van der Waals surface area contributed by atoms with Crippen molar-refractivity contribution in [3.05, 3.63) is 386 Å². The van der Waals surface area contributed by atoms with Crippen LogP contribution < -0.4 is 44.3 Å². The Balaban J connectivity index is 0.000000197. The zero-order valence-corrected chi connectivity index (χ0v) is 92.1. The number of phenols is 2. The number of rotatable bonds is 28. The summed E-state index contributed by atoms with van der Waals surface area (Å²) in [4.78, 5) is 27.6. The lowest BCUT2D eigenvalue weighted by Gasteiger charge is -2.27. The van der Waals surface area contributed by atoms with Crippen LogP contribution in [-0.4, -0.2) is 82.4 Å². The van der Waals surface area contributed by atoms with E-state index in [0.717, 1.165) is 164 Å². The zero-order chi connectivity index (χ0) is 109. The van der Waals surface area contributed by atoms with Crippen LogP contribution in [0.15, 0.2) is 291 Å². The Labute approximate surface area is 882 Å². The van der Waals surface area contributed by atoms with E-state index in [1.54, 1.807) is 42.8 Å². The number of halogens is 6. The lowest BCUT2D eigenvalue weighted by atomic mass is 9.95. The van der Waals surface area contributed by atoms with Gasteiger partial charge < -0.3 is 49.8 Å². The molecule has 1 amide bonds. The number of nitriles is 1. The van der Waals surface area contributed by atoms with Gasteiger partial charge in [-0.25, -0.2) is 8.78 Å². The van der Waals surface area contributed by atoms with E-state index in [4.69, 9.17) is 11.6 Å². The molecule has 780 valence electrons. The molecule has 0 bridgehead atoms. The molecular weight excluding hydrogens is 1900 g/mol. The predicted octanol–water partition coefficient (Wildman–Crippen LogP) is 34.9. The number of phenolic OH excluding ortho intramolecular Hbond substituents is 2. The Bertz CT molecular complexity index is 6840. The molecule has 0 unspecified atom stereocenters. The van der Waals surface area contributed by atoms with E-state index in [-0.39, 0.29) is 28.7 Å². The first-order valence-corrected chi connectivity index (χ1v) is 52.8. The van der Waals surface area contributed by atoms with Crippen molar-refractivity contribution in [1.82, 2.24) is 0 Å². The Hall–Kier alpha value is -14.3. The van der Waals surface area contributed by atoms with Crippen molar-refractivity contribution in [3.63, 3.8) is 0 Å². The van der Waals surface area contributed by atoms with Gasteiger partial charge in [-0.2, -0.15) is 26.9 Å². The number of aryl methyl sites for hydroxylation is 11. The lowest BCUT2D eigenvalue weighted by Crippen LogP contribution is -2.30. The minimum absolute atomic E-state index is 0.00923. The van der Waals surface area contributed by atoms with E-state index in [1.165, 1.54) is 89.9 Å². The molecule has 0 aliphatic heterocycles. The number of alkyl halides is 3. The highest BCUT2D eigenvalue weighted by molar-refractivity contribution is 7.93. The molecule has 15 nitrogen and oxygen atoms in total. The Kier molecular flexibility index (Phi) is 43.5. The van der Waals surface area contributed by atoms with Gasteiger partial charge in [0.15, 0.2) is 0 Å². The molecule has 0 atom stereocenters. The van der Waals surface area contributed by atoms with Gasteiger partial charge in [0.2, 0.25) is 5.91 Å². The van der Waals surface area contributed by atoms with Crippen LogP contribution in [0.25, 0.3) is 21.5 Å². The highest BCUT2D eigenvalue weighted by Gasteiger charge is 2.46. The minimum Gasteiger partial charge on any atom is -0.507 e. The van der Waals surface area contributed by atoms with E-state index >= 15 is 0 Å². The summed E-state index contributed by atoms with van der Waals surface area (Å²) in [5.74, 6) is -0.818. The largest absolute Gasteiger partial charge is 0.516 e. The van der Waals surface area contributed by atoms with Gasteiger partial charge in [-0.1, -0.05) is 221 Å². The number of hydrogen-bond acceptors (Lipinski definition) is 13. The van der Waals surface area contributed by atoms with Crippen LogP contribution in [0.4, 0.5) is 107 Å². The molecule has 15 rings (SSSR count). The van der Waals surface area contributed by atoms with Crippen molar-refractivity contribution in [2.75, 3.05) is 96.7 Å². The van der Waals surface area contributed by atoms with E-state index in [1.807, 2.05) is 157 Å². The van der Waals surface area contributed by atoms with Gasteiger partial charge in [0.1, 0.15) is 29.2 Å². The number of fused-ring (bicyclic) bond motifs is 2. The summed E-state index contributed by atoms with van der Waals surface area (Å²) < 4.78 is 89.9. The number of nitrogens with zero attached hydrogens (tertiary/aromatic N) is 8. The van der Waals surface area contributed by atoms with Gasteiger partial charge in [0.25, 0.3) is 0 Å². The highest BCUT2D eigenvalue weighted by atomic mass is 35.5. The molecule has 0 aromatic heterocycles. The maximum absolute atomic E-state index is 13.2. The average molecular weight is 2050 g/mol. The summed E-state index contributed by atoms with van der Waals surface area (Å²) in [6, 6.07) is 97.6. The summed E-state index contributed by atoms with van der Waals surface area (Å²) in [6.45, 7) is 56.0. The number of carbonyl (C=O) groups excluding carboxylic acids is 1. The number of unbranched alkanes of at least 4 members (excludes halogenated alkanes) is 2. The molecule has 0 spiro atoms. The number of benzene rings is 15. The molecule has 148 heavy (non-hydrogen) atoms. The molecule has 4 N–H and O–H groups in total. The lowest BCUT2D eigenvalue weighted by molar-refractivity contribution is -0.123. The van der Waals surface area contributed by atoms with E-state index in [0.29, 0.717) is 28.2 Å². The third-order valence-electron chi connectivity index (χ3n) is 25.9. The number of amides is 1. The van der Waals surface area contributed by atoms with Crippen molar-refractivity contribution >= 4 is 134 Å². The Morgan fingerprint density at radius 3 is 1.09 bits per heavy atom. The van der Waals surface area contributed by atoms with Crippen LogP contribution >= 0.6 is 11.6 Å². The topological polar surface area (TPSA) is 162 Å². The number of anilines is 15. The van der Waals surface area contributed by atoms with Gasteiger partial charge in [-0.3, -0.25) is 9.52 Å². The second-order valence-corrected chi connectivity index (χ2v) is 40.4. The maximum Gasteiger partial charge on any atom is 0.516 e. The second-order valence-electron chi connectivity index (χ2n) is 38.3. The molecule has 0 saturated carbocycles. The zero-order valence-electron chi connectivity index (χ0n) is 90.6.